The molecule has 3 heteroatoms. The number of aryl methyl sites for hydroxylation is 1. The lowest BCUT2D eigenvalue weighted by Crippen LogP contribution is -2.16. The highest BCUT2D eigenvalue weighted by atomic mass is 16.5. The fourth-order valence-corrected chi connectivity index (χ4v) is 1.12. The number of hydrogen-bond donors (Lipinski definition) is 1. The summed E-state index contributed by atoms with van der Waals surface area (Å²) in [6.45, 7) is 6.24. The van der Waals surface area contributed by atoms with Crippen molar-refractivity contribution in [2.75, 3.05) is 11.9 Å². The van der Waals surface area contributed by atoms with Crippen molar-refractivity contribution < 1.29 is 4.74 Å². The van der Waals surface area contributed by atoms with Gasteiger partial charge in [-0.25, -0.2) is 4.98 Å². The van der Waals surface area contributed by atoms with Gasteiger partial charge in [-0.05, 0) is 19.1 Å². The van der Waals surface area contributed by atoms with E-state index in [4.69, 9.17) is 4.74 Å². The number of rotatable bonds is 0. The van der Waals surface area contributed by atoms with Gasteiger partial charge in [0.25, 0.3) is 0 Å². The molecule has 0 fully saturated rings. The number of hydrogen-bond acceptors (Lipinski definition) is 3. The first kappa shape index (κ1) is 7.16. The van der Waals surface area contributed by atoms with Crippen LogP contribution in [0.1, 0.15) is 5.69 Å². The number of fused-ring (bicyclic) bond motifs is 1. The summed E-state index contributed by atoms with van der Waals surface area (Å²) in [4.78, 5) is 4.27. The minimum atomic E-state index is 0.526. The molecule has 0 aromatic carbocycles. The van der Waals surface area contributed by atoms with Crippen LogP contribution in [0.2, 0.25) is 0 Å². The number of aromatic nitrogens is 1. The average molecular weight is 162 g/mol. The molecule has 0 atom stereocenters. The number of nitrogens with one attached hydrogen (secondary N) is 1. The zero-order valence-electron chi connectivity index (χ0n) is 6.92. The summed E-state index contributed by atoms with van der Waals surface area (Å²) in [6.07, 6.45) is 0. The first-order valence-electron chi connectivity index (χ1n) is 3.81. The van der Waals surface area contributed by atoms with E-state index in [9.17, 15) is 0 Å². The molecule has 0 amide bonds. The fourth-order valence-electron chi connectivity index (χ4n) is 1.12. The minimum Gasteiger partial charge on any atom is -0.484 e. The van der Waals surface area contributed by atoms with Crippen molar-refractivity contribution in [3.63, 3.8) is 0 Å². The lowest BCUT2D eigenvalue weighted by atomic mass is 10.3. The van der Waals surface area contributed by atoms with Gasteiger partial charge < -0.3 is 10.1 Å². The van der Waals surface area contributed by atoms with E-state index in [0.717, 1.165) is 23.0 Å². The molecule has 0 spiro atoms. The third-order valence-corrected chi connectivity index (χ3v) is 1.69. The van der Waals surface area contributed by atoms with Crippen LogP contribution in [0.5, 0.6) is 5.75 Å². The Morgan fingerprint density at radius 2 is 2.42 bits per heavy atom. The van der Waals surface area contributed by atoms with E-state index in [0.29, 0.717) is 6.61 Å². The molecule has 0 aliphatic carbocycles. The molecule has 0 radical (unpaired) electrons. The van der Waals surface area contributed by atoms with Crippen LogP contribution < -0.4 is 10.1 Å². The molecule has 0 bridgehead atoms. The van der Waals surface area contributed by atoms with E-state index in [-0.39, 0.29) is 0 Å². The quantitative estimate of drug-likeness (QED) is 0.630. The van der Waals surface area contributed by atoms with Crippen LogP contribution in [0.15, 0.2) is 24.4 Å². The Balaban J connectivity index is 2.44. The largest absolute Gasteiger partial charge is 0.484 e. The fraction of sp³-hybridized carbons (Fsp3) is 0.222. The smallest absolute Gasteiger partial charge is 0.173 e. The summed E-state index contributed by atoms with van der Waals surface area (Å²) in [5, 5.41) is 3.07. The first-order chi connectivity index (χ1) is 5.75. The highest BCUT2D eigenvalue weighted by molar-refractivity contribution is 5.56. The summed E-state index contributed by atoms with van der Waals surface area (Å²) < 4.78 is 5.37. The van der Waals surface area contributed by atoms with Gasteiger partial charge in [0.2, 0.25) is 0 Å². The summed E-state index contributed by atoms with van der Waals surface area (Å²) in [5.74, 6) is 1.57. The average Bonchev–Trinajstić information content (AvgIpc) is 2.03. The van der Waals surface area contributed by atoms with Crippen LogP contribution in [0.25, 0.3) is 0 Å². The molecule has 1 aliphatic rings. The van der Waals surface area contributed by atoms with Gasteiger partial charge in [0, 0.05) is 11.4 Å². The molecule has 0 saturated heterocycles. The maximum atomic E-state index is 5.37. The highest BCUT2D eigenvalue weighted by Crippen LogP contribution is 2.26. The highest BCUT2D eigenvalue weighted by Gasteiger charge is 2.12. The van der Waals surface area contributed by atoms with E-state index in [1.54, 1.807) is 0 Å². The Morgan fingerprint density at radius 1 is 1.58 bits per heavy atom. The predicted molar refractivity (Wildman–Crippen MR) is 47.2 cm³/mol. The molecular weight excluding hydrogens is 152 g/mol. The maximum absolute atomic E-state index is 5.37. The molecule has 1 N–H and O–H groups in total. The van der Waals surface area contributed by atoms with Crippen LogP contribution in [-0.4, -0.2) is 11.6 Å². The summed E-state index contributed by atoms with van der Waals surface area (Å²) in [5.41, 5.74) is 1.82. The van der Waals surface area contributed by atoms with E-state index in [2.05, 4.69) is 16.9 Å². The van der Waals surface area contributed by atoms with Crippen molar-refractivity contribution in [3.8, 4) is 5.75 Å². The van der Waals surface area contributed by atoms with Crippen LogP contribution in [0.4, 0.5) is 5.82 Å². The van der Waals surface area contributed by atoms with Gasteiger partial charge in [0.1, 0.15) is 6.61 Å². The third-order valence-electron chi connectivity index (χ3n) is 1.69. The predicted octanol–water partition coefficient (Wildman–Crippen LogP) is 1.71. The Hall–Kier alpha value is -1.51. The Morgan fingerprint density at radius 3 is 3.25 bits per heavy atom. The van der Waals surface area contributed by atoms with Crippen molar-refractivity contribution in [3.05, 3.63) is 30.1 Å². The van der Waals surface area contributed by atoms with Crippen molar-refractivity contribution in [1.29, 1.82) is 0 Å². The third kappa shape index (κ3) is 1.13. The Kier molecular flexibility index (Phi) is 1.50. The van der Waals surface area contributed by atoms with Crippen LogP contribution in [0.3, 0.4) is 0 Å². The molecule has 3 nitrogen and oxygen atoms in total. The zero-order chi connectivity index (χ0) is 8.55. The summed E-state index contributed by atoms with van der Waals surface area (Å²) >= 11 is 0. The minimum absolute atomic E-state index is 0.526. The second-order valence-corrected chi connectivity index (χ2v) is 2.82. The molecule has 0 unspecified atom stereocenters. The van der Waals surface area contributed by atoms with E-state index in [1.165, 1.54) is 0 Å². The Labute approximate surface area is 71.1 Å². The lowest BCUT2D eigenvalue weighted by Gasteiger charge is -2.19. The monoisotopic (exact) mass is 162 g/mol. The molecule has 1 aliphatic heterocycles. The molecule has 1 aromatic rings. The van der Waals surface area contributed by atoms with Crippen molar-refractivity contribution in [2.45, 2.75) is 6.92 Å². The van der Waals surface area contributed by atoms with Crippen molar-refractivity contribution >= 4 is 5.82 Å². The van der Waals surface area contributed by atoms with Gasteiger partial charge in [0.15, 0.2) is 11.6 Å². The van der Waals surface area contributed by atoms with Gasteiger partial charge in [-0.1, -0.05) is 6.58 Å². The molecule has 2 heterocycles. The normalized spacial score (nSPS) is 14.6. The maximum Gasteiger partial charge on any atom is 0.173 e. The van der Waals surface area contributed by atoms with E-state index in [1.807, 2.05) is 19.1 Å². The number of anilines is 1. The van der Waals surface area contributed by atoms with Gasteiger partial charge >= 0.3 is 0 Å². The molecule has 2 rings (SSSR count). The molecule has 0 saturated carbocycles. The second kappa shape index (κ2) is 2.52. The summed E-state index contributed by atoms with van der Waals surface area (Å²) in [6, 6.07) is 3.84. The van der Waals surface area contributed by atoms with Crippen molar-refractivity contribution in [2.24, 2.45) is 0 Å². The van der Waals surface area contributed by atoms with E-state index >= 15 is 0 Å². The number of pyridine rings is 1. The van der Waals surface area contributed by atoms with Crippen molar-refractivity contribution in [1.82, 2.24) is 4.98 Å². The summed E-state index contributed by atoms with van der Waals surface area (Å²) in [7, 11) is 0. The lowest BCUT2D eigenvalue weighted by molar-refractivity contribution is 0.344. The van der Waals surface area contributed by atoms with Gasteiger partial charge in [-0.3, -0.25) is 0 Å². The Bertz CT molecular complexity index is 333. The van der Waals surface area contributed by atoms with Crippen LogP contribution in [0, 0.1) is 6.92 Å². The van der Waals surface area contributed by atoms with Crippen LogP contribution in [-0.2, 0) is 0 Å². The molecular formula is C9H10N2O. The number of nitrogens with zero attached hydrogens (tertiary/aromatic N) is 1. The van der Waals surface area contributed by atoms with Gasteiger partial charge in [-0.2, -0.15) is 0 Å². The number of ether oxygens (including phenoxy) is 1. The molecule has 12 heavy (non-hydrogen) atoms. The zero-order valence-corrected chi connectivity index (χ0v) is 6.92. The second-order valence-electron chi connectivity index (χ2n) is 2.82. The van der Waals surface area contributed by atoms with Gasteiger partial charge in [0.05, 0.1) is 0 Å². The van der Waals surface area contributed by atoms with Gasteiger partial charge in [-0.15, -0.1) is 0 Å². The molecule has 1 aromatic heterocycles. The van der Waals surface area contributed by atoms with E-state index < -0.39 is 0 Å². The first-order valence-corrected chi connectivity index (χ1v) is 3.81. The molecule has 62 valence electrons. The SMILES string of the molecule is C=C1COc2ccc(C)nc2N1. The standard InChI is InChI=1S/C9H10N2O/c1-6-3-4-8-9(10-6)11-7(2)5-12-8/h3-4H,2,5H2,1H3,(H,10,11). The topological polar surface area (TPSA) is 34.1 Å². The van der Waals surface area contributed by atoms with Crippen LogP contribution >= 0.6 is 0 Å².